The van der Waals surface area contributed by atoms with Crippen LogP contribution in [0.25, 0.3) is 0 Å². The summed E-state index contributed by atoms with van der Waals surface area (Å²) >= 11 is 0. The first kappa shape index (κ1) is 13.0. The molecule has 1 atom stereocenters. The number of carboxylic acids is 1. The average molecular weight is 252 g/mol. The van der Waals surface area contributed by atoms with Gasteiger partial charge in [-0.1, -0.05) is 6.92 Å². The lowest BCUT2D eigenvalue weighted by molar-refractivity contribution is -0.145. The molecule has 0 aromatic carbocycles. The minimum absolute atomic E-state index is 0.396. The molecule has 1 unspecified atom stereocenters. The first-order valence-electron chi connectivity index (χ1n) is 6.50. The van der Waals surface area contributed by atoms with Crippen LogP contribution in [0.4, 0.5) is 0 Å². The molecule has 0 spiro atoms. The molecule has 100 valence electrons. The summed E-state index contributed by atoms with van der Waals surface area (Å²) in [5.41, 5.74) is -0.776. The number of aromatic nitrogens is 3. The van der Waals surface area contributed by atoms with Gasteiger partial charge in [-0.2, -0.15) is 5.10 Å². The number of nitrogens with one attached hydrogen (secondary N) is 1. The van der Waals surface area contributed by atoms with Crippen LogP contribution in [0.1, 0.15) is 39.0 Å². The Kier molecular flexibility index (Phi) is 3.96. The van der Waals surface area contributed by atoms with Gasteiger partial charge in [0.25, 0.3) is 0 Å². The van der Waals surface area contributed by atoms with Crippen molar-refractivity contribution in [1.82, 2.24) is 20.1 Å². The van der Waals surface area contributed by atoms with Gasteiger partial charge >= 0.3 is 5.97 Å². The Bertz CT molecular complexity index is 389. The summed E-state index contributed by atoms with van der Waals surface area (Å²) < 4.78 is 1.74. The third-order valence-electron chi connectivity index (χ3n) is 3.53. The van der Waals surface area contributed by atoms with Crippen LogP contribution in [0.3, 0.4) is 0 Å². The van der Waals surface area contributed by atoms with Crippen molar-refractivity contribution in [2.24, 2.45) is 0 Å². The van der Waals surface area contributed by atoms with Crippen LogP contribution in [0.15, 0.2) is 12.7 Å². The Labute approximate surface area is 106 Å². The third-order valence-corrected chi connectivity index (χ3v) is 3.53. The Balaban J connectivity index is 1.89. The largest absolute Gasteiger partial charge is 0.480 e. The Hall–Kier alpha value is -1.43. The van der Waals surface area contributed by atoms with Crippen molar-refractivity contribution in [1.29, 1.82) is 0 Å². The average Bonchev–Trinajstić information content (AvgIpc) is 3.01. The normalized spacial score (nSPS) is 18.5. The van der Waals surface area contributed by atoms with Gasteiger partial charge in [-0.15, -0.1) is 0 Å². The number of nitrogens with zero attached hydrogens (tertiary/aromatic N) is 3. The summed E-state index contributed by atoms with van der Waals surface area (Å²) in [4.78, 5) is 15.4. The molecule has 1 heterocycles. The van der Waals surface area contributed by atoms with Gasteiger partial charge in [0.2, 0.25) is 0 Å². The molecule has 0 bridgehead atoms. The van der Waals surface area contributed by atoms with E-state index in [1.54, 1.807) is 11.0 Å². The number of aryl methyl sites for hydroxylation is 1. The molecule has 0 radical (unpaired) electrons. The molecule has 6 nitrogen and oxygen atoms in total. The SMILES string of the molecule is CCC(CCCn1cncn1)(NC1CC1)C(=O)O. The van der Waals surface area contributed by atoms with Gasteiger partial charge in [-0.3, -0.25) is 14.8 Å². The molecule has 1 aromatic heterocycles. The summed E-state index contributed by atoms with van der Waals surface area (Å²) in [5, 5.41) is 16.8. The highest BCUT2D eigenvalue weighted by atomic mass is 16.4. The predicted molar refractivity (Wildman–Crippen MR) is 66.1 cm³/mol. The van der Waals surface area contributed by atoms with Crippen LogP contribution in [0.2, 0.25) is 0 Å². The first-order chi connectivity index (χ1) is 8.66. The van der Waals surface area contributed by atoms with Gasteiger partial charge in [-0.25, -0.2) is 4.98 Å². The van der Waals surface area contributed by atoms with Gasteiger partial charge < -0.3 is 5.11 Å². The summed E-state index contributed by atoms with van der Waals surface area (Å²) in [7, 11) is 0. The van der Waals surface area contributed by atoms with E-state index in [0.29, 0.717) is 25.4 Å². The molecule has 6 heteroatoms. The van der Waals surface area contributed by atoms with Crippen molar-refractivity contribution in [3.8, 4) is 0 Å². The zero-order valence-corrected chi connectivity index (χ0v) is 10.7. The van der Waals surface area contributed by atoms with Crippen LogP contribution in [-0.4, -0.2) is 37.4 Å². The number of hydrogen-bond acceptors (Lipinski definition) is 4. The molecule has 0 aliphatic heterocycles. The maximum atomic E-state index is 11.5. The highest BCUT2D eigenvalue weighted by Gasteiger charge is 2.40. The van der Waals surface area contributed by atoms with Crippen LogP contribution in [0.5, 0.6) is 0 Å². The minimum atomic E-state index is -0.776. The van der Waals surface area contributed by atoms with E-state index in [-0.39, 0.29) is 0 Å². The second-order valence-electron chi connectivity index (χ2n) is 4.92. The molecule has 1 aromatic rings. The first-order valence-corrected chi connectivity index (χ1v) is 6.50. The van der Waals surface area contributed by atoms with Crippen molar-refractivity contribution in [3.05, 3.63) is 12.7 Å². The van der Waals surface area contributed by atoms with Crippen LogP contribution in [0, 0.1) is 0 Å². The smallest absolute Gasteiger partial charge is 0.323 e. The predicted octanol–water partition coefficient (Wildman–Crippen LogP) is 1.04. The maximum Gasteiger partial charge on any atom is 0.323 e. The highest BCUT2D eigenvalue weighted by molar-refractivity contribution is 5.78. The Morgan fingerprint density at radius 2 is 2.39 bits per heavy atom. The number of carbonyl (C=O) groups is 1. The fourth-order valence-electron chi connectivity index (χ4n) is 2.18. The topological polar surface area (TPSA) is 80.0 Å². The fraction of sp³-hybridized carbons (Fsp3) is 0.750. The summed E-state index contributed by atoms with van der Waals surface area (Å²) in [5.74, 6) is -0.740. The van der Waals surface area contributed by atoms with Crippen molar-refractivity contribution >= 4 is 5.97 Å². The van der Waals surface area contributed by atoms with Crippen molar-refractivity contribution in [2.45, 2.75) is 57.2 Å². The Morgan fingerprint density at radius 3 is 2.89 bits per heavy atom. The van der Waals surface area contributed by atoms with Gasteiger partial charge in [0.1, 0.15) is 18.2 Å². The van der Waals surface area contributed by atoms with Crippen molar-refractivity contribution < 1.29 is 9.90 Å². The Morgan fingerprint density at radius 1 is 1.61 bits per heavy atom. The molecule has 1 aliphatic rings. The molecule has 1 fully saturated rings. The van der Waals surface area contributed by atoms with Crippen LogP contribution < -0.4 is 5.32 Å². The monoisotopic (exact) mass is 252 g/mol. The van der Waals surface area contributed by atoms with Crippen molar-refractivity contribution in [2.75, 3.05) is 0 Å². The third kappa shape index (κ3) is 3.07. The lowest BCUT2D eigenvalue weighted by Crippen LogP contribution is -2.52. The van der Waals surface area contributed by atoms with E-state index < -0.39 is 11.5 Å². The van der Waals surface area contributed by atoms with E-state index in [4.69, 9.17) is 0 Å². The number of aliphatic carboxylic acids is 1. The summed E-state index contributed by atoms with van der Waals surface area (Å²) in [6.45, 7) is 2.64. The summed E-state index contributed by atoms with van der Waals surface area (Å²) in [6.07, 6.45) is 7.35. The molecular formula is C12H20N4O2. The van der Waals surface area contributed by atoms with E-state index in [0.717, 1.165) is 19.3 Å². The van der Waals surface area contributed by atoms with Gasteiger partial charge in [0.15, 0.2) is 0 Å². The lowest BCUT2D eigenvalue weighted by Gasteiger charge is -2.29. The van der Waals surface area contributed by atoms with Gasteiger partial charge in [0.05, 0.1) is 0 Å². The van der Waals surface area contributed by atoms with E-state index in [1.807, 2.05) is 6.92 Å². The van der Waals surface area contributed by atoms with E-state index in [1.165, 1.54) is 6.33 Å². The molecule has 0 amide bonds. The van der Waals surface area contributed by atoms with E-state index in [2.05, 4.69) is 15.4 Å². The lowest BCUT2D eigenvalue weighted by atomic mass is 9.90. The zero-order chi connectivity index (χ0) is 13.0. The fourth-order valence-corrected chi connectivity index (χ4v) is 2.18. The molecule has 0 saturated heterocycles. The number of hydrogen-bond donors (Lipinski definition) is 2. The standard InChI is InChI=1S/C12H20N4O2/c1-2-12(11(17)18,15-10-4-5-10)6-3-7-16-9-13-8-14-16/h8-10,15H,2-7H2,1H3,(H,17,18). The molecule has 1 aliphatic carbocycles. The van der Waals surface area contributed by atoms with E-state index >= 15 is 0 Å². The molecule has 2 rings (SSSR count). The second-order valence-corrected chi connectivity index (χ2v) is 4.92. The number of rotatable bonds is 8. The molecule has 2 N–H and O–H groups in total. The van der Waals surface area contributed by atoms with Crippen LogP contribution in [-0.2, 0) is 11.3 Å². The maximum absolute atomic E-state index is 11.5. The molecule has 18 heavy (non-hydrogen) atoms. The molecular weight excluding hydrogens is 232 g/mol. The van der Waals surface area contributed by atoms with Gasteiger partial charge in [0, 0.05) is 12.6 Å². The minimum Gasteiger partial charge on any atom is -0.480 e. The highest BCUT2D eigenvalue weighted by Crippen LogP contribution is 2.27. The van der Waals surface area contributed by atoms with Crippen LogP contribution >= 0.6 is 0 Å². The van der Waals surface area contributed by atoms with Crippen molar-refractivity contribution in [3.63, 3.8) is 0 Å². The number of carboxylic acid groups (broad SMARTS) is 1. The second kappa shape index (κ2) is 5.48. The van der Waals surface area contributed by atoms with E-state index in [9.17, 15) is 9.90 Å². The summed E-state index contributed by atoms with van der Waals surface area (Å²) in [6, 6.07) is 0.396. The quantitative estimate of drug-likeness (QED) is 0.722. The van der Waals surface area contributed by atoms with Gasteiger partial charge in [-0.05, 0) is 32.1 Å². The molecule has 1 saturated carbocycles. The zero-order valence-electron chi connectivity index (χ0n) is 10.7.